The van der Waals surface area contributed by atoms with Crippen LogP contribution in [0.15, 0.2) is 12.1 Å². The molecule has 0 amide bonds. The van der Waals surface area contributed by atoms with Crippen LogP contribution in [-0.2, 0) is 10.2 Å². The number of rotatable bonds is 6. The molecular weight excluding hydrogens is 238 g/mol. The maximum absolute atomic E-state index is 5.62. The molecule has 3 heteroatoms. The molecule has 0 radical (unpaired) electrons. The van der Waals surface area contributed by atoms with Gasteiger partial charge in [0.1, 0.15) is 5.75 Å². The van der Waals surface area contributed by atoms with Crippen molar-refractivity contribution in [3.63, 3.8) is 0 Å². The summed E-state index contributed by atoms with van der Waals surface area (Å²) in [6.45, 7) is 6.98. The van der Waals surface area contributed by atoms with Gasteiger partial charge < -0.3 is 14.8 Å². The maximum atomic E-state index is 5.62. The van der Waals surface area contributed by atoms with Crippen LogP contribution in [0.5, 0.6) is 5.75 Å². The summed E-state index contributed by atoms with van der Waals surface area (Å²) in [7, 11) is 3.76. The minimum atomic E-state index is 0.153. The smallest absolute Gasteiger partial charge is 0.123 e. The monoisotopic (exact) mass is 263 g/mol. The Balaban J connectivity index is 2.32. The van der Waals surface area contributed by atoms with E-state index in [4.69, 9.17) is 9.47 Å². The molecule has 0 atom stereocenters. The van der Waals surface area contributed by atoms with Gasteiger partial charge in [-0.2, -0.15) is 0 Å². The Kier molecular flexibility index (Phi) is 4.48. The maximum Gasteiger partial charge on any atom is 0.123 e. The Morgan fingerprint density at radius 2 is 2.05 bits per heavy atom. The molecule has 1 aromatic rings. The molecule has 0 aliphatic carbocycles. The largest absolute Gasteiger partial charge is 0.496 e. The van der Waals surface area contributed by atoms with Gasteiger partial charge in [0.25, 0.3) is 0 Å². The third-order valence-corrected chi connectivity index (χ3v) is 4.03. The zero-order valence-electron chi connectivity index (χ0n) is 12.5. The average Bonchev–Trinajstić information content (AvgIpc) is 2.33. The molecule has 106 valence electrons. The van der Waals surface area contributed by atoms with Gasteiger partial charge in [0.15, 0.2) is 0 Å². The first-order chi connectivity index (χ1) is 9.13. The van der Waals surface area contributed by atoms with Gasteiger partial charge in [0, 0.05) is 11.0 Å². The molecule has 1 N–H and O–H groups in total. The van der Waals surface area contributed by atoms with Gasteiger partial charge in [-0.25, -0.2) is 0 Å². The van der Waals surface area contributed by atoms with Crippen molar-refractivity contribution in [3.8, 4) is 5.75 Å². The predicted octanol–water partition coefficient (Wildman–Crippen LogP) is 2.58. The second-order valence-corrected chi connectivity index (χ2v) is 5.64. The average molecular weight is 263 g/mol. The van der Waals surface area contributed by atoms with Gasteiger partial charge >= 0.3 is 0 Å². The van der Waals surface area contributed by atoms with Crippen molar-refractivity contribution >= 4 is 0 Å². The number of nitrogens with one attached hydrogen (secondary N) is 1. The van der Waals surface area contributed by atoms with Crippen LogP contribution in [0, 0.1) is 13.8 Å². The third kappa shape index (κ3) is 2.77. The van der Waals surface area contributed by atoms with Crippen molar-refractivity contribution in [2.24, 2.45) is 0 Å². The van der Waals surface area contributed by atoms with E-state index < -0.39 is 0 Å². The van der Waals surface area contributed by atoms with E-state index in [1.807, 2.05) is 7.05 Å². The summed E-state index contributed by atoms with van der Waals surface area (Å²) in [6.07, 6.45) is 2.31. The fourth-order valence-corrected chi connectivity index (χ4v) is 3.13. The molecule has 0 saturated carbocycles. The molecule has 1 aromatic carbocycles. The van der Waals surface area contributed by atoms with Crippen molar-refractivity contribution in [2.75, 3.05) is 33.9 Å². The normalized spacial score (nSPS) is 17.1. The lowest BCUT2D eigenvalue weighted by atomic mass is 9.72. The van der Waals surface area contributed by atoms with Crippen LogP contribution in [0.25, 0.3) is 0 Å². The lowest BCUT2D eigenvalue weighted by Gasteiger charge is -2.43. The first-order valence-corrected chi connectivity index (χ1v) is 7.01. The second kappa shape index (κ2) is 5.93. The summed E-state index contributed by atoms with van der Waals surface area (Å²) in [5, 5.41) is 3.22. The molecule has 1 aliphatic heterocycles. The standard InChI is InChI=1S/C16H25NO2/c1-12-8-13(2)15(14(9-12)18-4)16(10-19-11-16)6-5-7-17-3/h8-9,17H,5-7,10-11H2,1-4H3. The van der Waals surface area contributed by atoms with Gasteiger partial charge in [0.05, 0.1) is 20.3 Å². The highest BCUT2D eigenvalue weighted by molar-refractivity contribution is 5.49. The molecule has 1 saturated heterocycles. The van der Waals surface area contributed by atoms with Crippen LogP contribution in [0.3, 0.4) is 0 Å². The van der Waals surface area contributed by atoms with Crippen molar-refractivity contribution < 1.29 is 9.47 Å². The molecule has 0 spiro atoms. The Bertz CT molecular complexity index is 439. The van der Waals surface area contributed by atoms with Crippen LogP contribution in [0.2, 0.25) is 0 Å². The van der Waals surface area contributed by atoms with Crippen LogP contribution < -0.4 is 10.1 Å². The summed E-state index contributed by atoms with van der Waals surface area (Å²) in [4.78, 5) is 0. The Hall–Kier alpha value is -1.06. The van der Waals surface area contributed by atoms with E-state index in [0.717, 1.165) is 38.3 Å². The molecule has 0 aromatic heterocycles. The first-order valence-electron chi connectivity index (χ1n) is 7.01. The lowest BCUT2D eigenvalue weighted by Crippen LogP contribution is -2.47. The quantitative estimate of drug-likeness (QED) is 0.800. The Labute approximate surface area is 116 Å². The number of ether oxygens (including phenoxy) is 2. The molecule has 2 rings (SSSR count). The van der Waals surface area contributed by atoms with Crippen LogP contribution in [0.4, 0.5) is 0 Å². The summed E-state index contributed by atoms with van der Waals surface area (Å²) in [6, 6.07) is 4.39. The van der Waals surface area contributed by atoms with Gasteiger partial charge in [-0.05, 0) is 57.5 Å². The van der Waals surface area contributed by atoms with E-state index in [1.54, 1.807) is 7.11 Å². The van der Waals surface area contributed by atoms with E-state index >= 15 is 0 Å². The zero-order chi connectivity index (χ0) is 13.9. The fourth-order valence-electron chi connectivity index (χ4n) is 3.13. The summed E-state index contributed by atoms with van der Waals surface area (Å²) >= 11 is 0. The van der Waals surface area contributed by atoms with Crippen molar-refractivity contribution in [3.05, 3.63) is 28.8 Å². The molecule has 1 aliphatic rings. The Morgan fingerprint density at radius 1 is 1.32 bits per heavy atom. The van der Waals surface area contributed by atoms with Gasteiger partial charge in [0.2, 0.25) is 0 Å². The minimum Gasteiger partial charge on any atom is -0.496 e. The molecule has 0 bridgehead atoms. The van der Waals surface area contributed by atoms with E-state index in [1.165, 1.54) is 16.7 Å². The van der Waals surface area contributed by atoms with E-state index in [-0.39, 0.29) is 5.41 Å². The predicted molar refractivity (Wildman–Crippen MR) is 78.1 cm³/mol. The van der Waals surface area contributed by atoms with Crippen molar-refractivity contribution in [2.45, 2.75) is 32.1 Å². The van der Waals surface area contributed by atoms with Gasteiger partial charge in [-0.3, -0.25) is 0 Å². The van der Waals surface area contributed by atoms with Crippen LogP contribution >= 0.6 is 0 Å². The van der Waals surface area contributed by atoms with Crippen LogP contribution in [0.1, 0.15) is 29.5 Å². The van der Waals surface area contributed by atoms with E-state index in [0.29, 0.717) is 0 Å². The topological polar surface area (TPSA) is 30.5 Å². The SMILES string of the molecule is CNCCCC1(c2c(C)cc(C)cc2OC)COC1. The van der Waals surface area contributed by atoms with E-state index in [2.05, 4.69) is 31.3 Å². The highest BCUT2D eigenvalue weighted by atomic mass is 16.5. The molecule has 1 fully saturated rings. The fraction of sp³-hybridized carbons (Fsp3) is 0.625. The first kappa shape index (κ1) is 14.4. The molecule has 3 nitrogen and oxygen atoms in total. The molecule has 1 heterocycles. The second-order valence-electron chi connectivity index (χ2n) is 5.64. The Morgan fingerprint density at radius 3 is 2.58 bits per heavy atom. The van der Waals surface area contributed by atoms with E-state index in [9.17, 15) is 0 Å². The highest BCUT2D eigenvalue weighted by Gasteiger charge is 2.42. The van der Waals surface area contributed by atoms with Crippen molar-refractivity contribution in [1.29, 1.82) is 0 Å². The van der Waals surface area contributed by atoms with Gasteiger partial charge in [-0.15, -0.1) is 0 Å². The summed E-state index contributed by atoms with van der Waals surface area (Å²) < 4.78 is 11.2. The minimum absolute atomic E-state index is 0.153. The number of hydrogen-bond acceptors (Lipinski definition) is 3. The van der Waals surface area contributed by atoms with Gasteiger partial charge in [-0.1, -0.05) is 6.07 Å². The van der Waals surface area contributed by atoms with Crippen molar-refractivity contribution in [1.82, 2.24) is 5.32 Å². The molecule has 0 unspecified atom stereocenters. The summed E-state index contributed by atoms with van der Waals surface area (Å²) in [5.41, 5.74) is 4.08. The molecule has 19 heavy (non-hydrogen) atoms. The number of hydrogen-bond donors (Lipinski definition) is 1. The van der Waals surface area contributed by atoms with Crippen LogP contribution in [-0.4, -0.2) is 33.9 Å². The zero-order valence-corrected chi connectivity index (χ0v) is 12.5. The number of methoxy groups -OCH3 is 1. The number of benzene rings is 1. The highest BCUT2D eigenvalue weighted by Crippen LogP contribution is 2.43. The molecular formula is C16H25NO2. The summed E-state index contributed by atoms with van der Waals surface area (Å²) in [5.74, 6) is 1.02. The lowest BCUT2D eigenvalue weighted by molar-refractivity contribution is -0.0662. The third-order valence-electron chi connectivity index (χ3n) is 4.03. The number of aryl methyl sites for hydroxylation is 2.